The highest BCUT2D eigenvalue weighted by atomic mass is 32.2. The fourth-order valence-corrected chi connectivity index (χ4v) is 6.02. The first-order chi connectivity index (χ1) is 25.4. The fourth-order valence-electron chi connectivity index (χ4n) is 5.40. The lowest BCUT2D eigenvalue weighted by Crippen LogP contribution is -1.97. The first kappa shape index (κ1) is 36.3. The van der Waals surface area contributed by atoms with E-state index in [0.29, 0.717) is 39.6 Å². The molecule has 268 valence electrons. The van der Waals surface area contributed by atoms with Crippen LogP contribution in [0.2, 0.25) is 0 Å². The molecule has 0 heterocycles. The smallest absolute Gasteiger partial charge is 0.296 e. The highest BCUT2D eigenvalue weighted by Gasteiger charge is 2.15. The third kappa shape index (κ3) is 8.35. The van der Waals surface area contributed by atoms with E-state index < -0.39 is 10.1 Å². The third-order valence-corrected chi connectivity index (χ3v) is 9.20. The molecule has 6 aromatic rings. The van der Waals surface area contributed by atoms with Gasteiger partial charge in [-0.15, -0.1) is 15.3 Å². The van der Waals surface area contributed by atoms with Crippen molar-refractivity contribution in [3.8, 4) is 17.2 Å². The number of benzene rings is 6. The Hall–Kier alpha value is -6.51. The van der Waals surface area contributed by atoms with Gasteiger partial charge in [0.25, 0.3) is 10.1 Å². The molecule has 0 unspecified atom stereocenters. The van der Waals surface area contributed by atoms with Gasteiger partial charge < -0.3 is 19.9 Å². The molecular weight excluding hydrogens is 695 g/mol. The molecule has 0 fully saturated rings. The summed E-state index contributed by atoms with van der Waals surface area (Å²) in [5.41, 5.74) is 6.43. The van der Waals surface area contributed by atoms with Gasteiger partial charge in [0.1, 0.15) is 33.5 Å². The second-order valence-corrected chi connectivity index (χ2v) is 13.4. The van der Waals surface area contributed by atoms with E-state index in [-0.39, 0.29) is 16.3 Å². The van der Waals surface area contributed by atoms with Crippen molar-refractivity contribution in [1.29, 1.82) is 0 Å². The summed E-state index contributed by atoms with van der Waals surface area (Å²) in [6.07, 6.45) is 0. The average molecular weight is 730 g/mol. The van der Waals surface area contributed by atoms with E-state index in [1.54, 1.807) is 43.5 Å². The molecule has 0 saturated carbocycles. The summed E-state index contributed by atoms with van der Waals surface area (Å²) in [7, 11) is -1.32. The molecule has 0 atom stereocenters. The number of hydrogen-bond donors (Lipinski definition) is 3. The lowest BCUT2D eigenvalue weighted by atomic mass is 10.1. The van der Waals surface area contributed by atoms with E-state index in [1.165, 1.54) is 25.3 Å². The van der Waals surface area contributed by atoms with E-state index in [0.717, 1.165) is 39.2 Å². The number of nitrogens with zero attached hydrogens (tertiary/aromatic N) is 6. The van der Waals surface area contributed by atoms with Crippen LogP contribution in [0.25, 0.3) is 10.8 Å². The highest BCUT2D eigenvalue weighted by Crippen LogP contribution is 2.40. The van der Waals surface area contributed by atoms with Crippen LogP contribution < -0.4 is 14.8 Å². The lowest BCUT2D eigenvalue weighted by molar-refractivity contribution is 0.415. The topological polar surface area (TPSA) is 179 Å². The van der Waals surface area contributed by atoms with Crippen molar-refractivity contribution >= 4 is 66.4 Å². The molecule has 6 rings (SSSR count). The molecule has 0 aliphatic rings. The van der Waals surface area contributed by atoms with Gasteiger partial charge >= 0.3 is 0 Å². The number of ether oxygens (including phenoxy) is 2. The van der Waals surface area contributed by atoms with E-state index in [4.69, 9.17) is 9.47 Å². The van der Waals surface area contributed by atoms with Crippen LogP contribution in [0.15, 0.2) is 139 Å². The Bertz CT molecular complexity index is 2540. The van der Waals surface area contributed by atoms with E-state index >= 15 is 0 Å². The quantitative estimate of drug-likeness (QED) is 0.0876. The molecule has 3 N–H and O–H groups in total. The molecule has 0 saturated heterocycles. The second-order valence-electron chi connectivity index (χ2n) is 12.0. The van der Waals surface area contributed by atoms with Gasteiger partial charge in [0.15, 0.2) is 5.75 Å². The van der Waals surface area contributed by atoms with Crippen LogP contribution in [-0.2, 0) is 10.1 Å². The minimum atomic E-state index is -4.46. The van der Waals surface area contributed by atoms with Crippen molar-refractivity contribution in [3.63, 3.8) is 0 Å². The first-order valence-corrected chi connectivity index (χ1v) is 17.7. The van der Waals surface area contributed by atoms with Gasteiger partial charge in [0.05, 0.1) is 31.3 Å². The van der Waals surface area contributed by atoms with Crippen LogP contribution in [-0.4, -0.2) is 32.3 Å². The molecule has 0 amide bonds. The molecule has 53 heavy (non-hydrogen) atoms. The average Bonchev–Trinajstić information content (AvgIpc) is 3.14. The number of rotatable bonds is 11. The van der Waals surface area contributed by atoms with Crippen LogP contribution in [0.4, 0.5) is 45.5 Å². The Morgan fingerprint density at radius 3 is 1.74 bits per heavy atom. The summed E-state index contributed by atoms with van der Waals surface area (Å²) in [6.45, 7) is 5.53. The van der Waals surface area contributed by atoms with Crippen molar-refractivity contribution in [1.82, 2.24) is 0 Å². The molecule has 0 aromatic heterocycles. The second kappa shape index (κ2) is 15.4. The predicted molar refractivity (Wildman–Crippen MR) is 204 cm³/mol. The van der Waals surface area contributed by atoms with Gasteiger partial charge in [-0.05, 0) is 122 Å². The summed E-state index contributed by atoms with van der Waals surface area (Å²) in [5.74, 6) is 1.19. The van der Waals surface area contributed by atoms with Gasteiger partial charge in [-0.1, -0.05) is 18.2 Å². The van der Waals surface area contributed by atoms with Crippen molar-refractivity contribution in [2.24, 2.45) is 30.7 Å². The van der Waals surface area contributed by atoms with Crippen LogP contribution >= 0.6 is 0 Å². The van der Waals surface area contributed by atoms with Crippen molar-refractivity contribution in [2.45, 2.75) is 25.7 Å². The largest absolute Gasteiger partial charge is 0.505 e. The molecule has 0 spiro atoms. The Kier molecular flexibility index (Phi) is 10.5. The van der Waals surface area contributed by atoms with Gasteiger partial charge in [-0.3, -0.25) is 4.55 Å². The maximum Gasteiger partial charge on any atom is 0.296 e. The number of fused-ring (bicyclic) bond motifs is 1. The summed E-state index contributed by atoms with van der Waals surface area (Å²) >= 11 is 0. The number of hydrogen-bond acceptors (Lipinski definition) is 12. The molecule has 14 heteroatoms. The lowest BCUT2D eigenvalue weighted by Gasteiger charge is -2.10. The normalized spacial score (nSPS) is 12.0. The minimum absolute atomic E-state index is 0.00410. The van der Waals surface area contributed by atoms with Gasteiger partial charge in [0, 0.05) is 22.8 Å². The molecular formula is C39H35N7O6S. The van der Waals surface area contributed by atoms with Crippen molar-refractivity contribution in [2.75, 3.05) is 19.5 Å². The highest BCUT2D eigenvalue weighted by molar-refractivity contribution is 7.86. The molecule has 0 aliphatic carbocycles. The Labute approximate surface area is 306 Å². The van der Waals surface area contributed by atoms with E-state index in [1.807, 2.05) is 69.3 Å². The number of azo groups is 3. The van der Waals surface area contributed by atoms with Gasteiger partial charge in [-0.25, -0.2) is 0 Å². The summed E-state index contributed by atoms with van der Waals surface area (Å²) in [4.78, 5) is -0.331. The Balaban J connectivity index is 1.19. The molecule has 6 aromatic carbocycles. The van der Waals surface area contributed by atoms with Crippen LogP contribution in [0, 0.1) is 20.8 Å². The van der Waals surface area contributed by atoms with Crippen LogP contribution in [0.5, 0.6) is 17.2 Å². The zero-order valence-electron chi connectivity index (χ0n) is 29.4. The zero-order chi connectivity index (χ0) is 37.7. The third-order valence-electron chi connectivity index (χ3n) is 8.30. The number of phenols is 1. The number of anilines is 2. The van der Waals surface area contributed by atoms with Crippen molar-refractivity contribution in [3.05, 3.63) is 120 Å². The SMILES string of the molecule is COc1ccc(Nc2ccc3c(O)c(N=Nc4cc(C)c(N=Nc5cc(C)c(N=Nc6ccccc6S(=O)(=O)O)cc5C)cc4OC)ccc3c2)cc1. The number of aromatic hydroxyl groups is 1. The van der Waals surface area contributed by atoms with Gasteiger partial charge in [-0.2, -0.15) is 23.8 Å². The standard InChI is InChI=1S/C39H35N7O6S/c1-23-19-34(24(2)18-33(23)43-41-31-8-6-7-9-38(31)53(48,49)50)44-45-35-22-37(52-5)36(20-25(35)3)46-42-32-17-10-26-21-28(13-16-30(26)39(32)47)40-27-11-14-29(51-4)15-12-27/h6-22,40,47H,1-5H3,(H,48,49,50). The number of aryl methyl sites for hydroxylation is 3. The summed E-state index contributed by atoms with van der Waals surface area (Å²) in [5, 5.41) is 41.8. The minimum Gasteiger partial charge on any atom is -0.505 e. The van der Waals surface area contributed by atoms with Crippen LogP contribution in [0.1, 0.15) is 16.7 Å². The van der Waals surface area contributed by atoms with Crippen molar-refractivity contribution < 1.29 is 27.6 Å². The summed E-state index contributed by atoms with van der Waals surface area (Å²) < 4.78 is 43.7. The number of nitrogens with one attached hydrogen (secondary N) is 1. The van der Waals surface area contributed by atoms with Gasteiger partial charge in [0.2, 0.25) is 0 Å². The summed E-state index contributed by atoms with van der Waals surface area (Å²) in [6, 6.07) is 29.7. The number of methoxy groups -OCH3 is 2. The molecule has 0 bridgehead atoms. The zero-order valence-corrected chi connectivity index (χ0v) is 30.3. The maximum absolute atomic E-state index is 11.7. The van der Waals surface area contributed by atoms with Crippen LogP contribution in [0.3, 0.4) is 0 Å². The molecule has 0 aliphatic heterocycles. The molecule has 13 nitrogen and oxygen atoms in total. The maximum atomic E-state index is 11.7. The van der Waals surface area contributed by atoms with E-state index in [9.17, 15) is 18.1 Å². The Morgan fingerprint density at radius 2 is 1.11 bits per heavy atom. The monoisotopic (exact) mass is 729 g/mol. The Morgan fingerprint density at radius 1 is 0.566 bits per heavy atom. The molecule has 0 radical (unpaired) electrons. The van der Waals surface area contributed by atoms with E-state index in [2.05, 4.69) is 36.0 Å². The number of phenolic OH excluding ortho intramolecular Hbond substituents is 1. The predicted octanol–water partition coefficient (Wildman–Crippen LogP) is 11.7. The first-order valence-electron chi connectivity index (χ1n) is 16.2. The fraction of sp³-hybridized carbons (Fsp3) is 0.128.